The molecule has 1 N–H and O–H groups in total. The first kappa shape index (κ1) is 13.1. The Labute approximate surface area is 98.5 Å². The van der Waals surface area contributed by atoms with Crippen LogP contribution in [0.25, 0.3) is 0 Å². The monoisotopic (exact) mass is 235 g/mol. The third kappa shape index (κ3) is 2.98. The van der Waals surface area contributed by atoms with Crippen LogP contribution in [0.5, 0.6) is 0 Å². The number of aliphatic hydroxyl groups is 1. The fourth-order valence-corrected chi connectivity index (χ4v) is 1.36. The predicted octanol–water partition coefficient (Wildman–Crippen LogP) is 2.16. The Morgan fingerprint density at radius 1 is 1.47 bits per heavy atom. The molecule has 0 radical (unpaired) electrons. The zero-order valence-electron chi connectivity index (χ0n) is 9.42. The highest BCUT2D eigenvalue weighted by atomic mass is 16.6. The van der Waals surface area contributed by atoms with Crippen molar-refractivity contribution in [2.45, 2.75) is 19.4 Å². The third-order valence-electron chi connectivity index (χ3n) is 2.43. The van der Waals surface area contributed by atoms with Gasteiger partial charge in [0.1, 0.15) is 6.10 Å². The molecule has 0 heterocycles. The molecule has 0 unspecified atom stereocenters. The first-order chi connectivity index (χ1) is 7.97. The van der Waals surface area contributed by atoms with Crippen molar-refractivity contribution >= 4 is 11.5 Å². The number of carbonyl (C=O) groups excluding carboxylic acids is 1. The number of non-ortho nitro benzene ring substituents is 1. The molecule has 17 heavy (non-hydrogen) atoms. The summed E-state index contributed by atoms with van der Waals surface area (Å²) >= 11 is 0. The van der Waals surface area contributed by atoms with E-state index < -0.39 is 11.0 Å². The molecule has 90 valence electrons. The smallest absolute Gasteiger partial charge is 0.269 e. The normalized spacial score (nSPS) is 11.9. The van der Waals surface area contributed by atoms with Gasteiger partial charge in [-0.2, -0.15) is 0 Å². The van der Waals surface area contributed by atoms with Crippen LogP contribution in [0.15, 0.2) is 36.4 Å². The molecule has 0 saturated carbocycles. The molecule has 0 amide bonds. The third-order valence-corrected chi connectivity index (χ3v) is 2.43. The molecule has 1 aromatic rings. The zero-order valence-corrected chi connectivity index (χ0v) is 9.42. The Balaban J connectivity index is 2.90. The second kappa shape index (κ2) is 5.36. The van der Waals surface area contributed by atoms with E-state index in [1.165, 1.54) is 24.3 Å². The number of Topliss-reactive ketones (excluding diaryl/α,β-unsaturated/α-hetero) is 1. The van der Waals surface area contributed by atoms with Crippen LogP contribution in [0.1, 0.15) is 25.0 Å². The Morgan fingerprint density at radius 2 is 2.00 bits per heavy atom. The van der Waals surface area contributed by atoms with Gasteiger partial charge in [0.25, 0.3) is 5.69 Å². The largest absolute Gasteiger partial charge is 0.384 e. The Morgan fingerprint density at radius 3 is 2.41 bits per heavy atom. The van der Waals surface area contributed by atoms with Gasteiger partial charge in [0, 0.05) is 24.1 Å². The number of nitro groups is 1. The van der Waals surface area contributed by atoms with Gasteiger partial charge in [0.05, 0.1) is 4.92 Å². The highest BCUT2D eigenvalue weighted by molar-refractivity contribution is 5.95. The lowest BCUT2D eigenvalue weighted by Crippen LogP contribution is -2.09. The van der Waals surface area contributed by atoms with Crippen molar-refractivity contribution in [2.24, 2.45) is 0 Å². The minimum absolute atomic E-state index is 0.0617. The lowest BCUT2D eigenvalue weighted by molar-refractivity contribution is -0.384. The van der Waals surface area contributed by atoms with E-state index in [-0.39, 0.29) is 23.5 Å². The van der Waals surface area contributed by atoms with Crippen LogP contribution >= 0.6 is 0 Å². The van der Waals surface area contributed by atoms with Crippen LogP contribution < -0.4 is 0 Å². The molecule has 0 bridgehead atoms. The maximum Gasteiger partial charge on any atom is 0.269 e. The Bertz CT molecular complexity index is 450. The average molecular weight is 235 g/mol. The summed E-state index contributed by atoms with van der Waals surface area (Å²) < 4.78 is 0. The van der Waals surface area contributed by atoms with Crippen LogP contribution in [-0.4, -0.2) is 15.8 Å². The summed E-state index contributed by atoms with van der Waals surface area (Å²) in [7, 11) is 0. The van der Waals surface area contributed by atoms with Crippen LogP contribution in [0.2, 0.25) is 0 Å². The predicted molar refractivity (Wildman–Crippen MR) is 62.5 cm³/mol. The molecule has 0 fully saturated rings. The maximum absolute atomic E-state index is 11.3. The molecule has 1 atom stereocenters. The topological polar surface area (TPSA) is 80.4 Å². The van der Waals surface area contributed by atoms with E-state index in [2.05, 4.69) is 6.58 Å². The quantitative estimate of drug-likeness (QED) is 0.481. The lowest BCUT2D eigenvalue weighted by atomic mass is 9.98. The second-order valence-corrected chi connectivity index (χ2v) is 3.55. The highest BCUT2D eigenvalue weighted by Gasteiger charge is 2.17. The number of benzene rings is 1. The molecular formula is C12H13NO4. The van der Waals surface area contributed by atoms with Crippen LogP contribution in [0, 0.1) is 10.1 Å². The molecule has 1 aromatic carbocycles. The number of hydrogen-bond donors (Lipinski definition) is 1. The van der Waals surface area contributed by atoms with Gasteiger partial charge >= 0.3 is 0 Å². The highest BCUT2D eigenvalue weighted by Crippen LogP contribution is 2.23. The first-order valence-electron chi connectivity index (χ1n) is 5.11. The van der Waals surface area contributed by atoms with E-state index in [1.54, 1.807) is 6.92 Å². The van der Waals surface area contributed by atoms with Crippen molar-refractivity contribution in [3.8, 4) is 0 Å². The number of aliphatic hydroxyl groups excluding tert-OH is 1. The maximum atomic E-state index is 11.3. The molecule has 1 rings (SSSR count). The van der Waals surface area contributed by atoms with Crippen molar-refractivity contribution in [2.75, 3.05) is 0 Å². The molecule has 0 spiro atoms. The molecule has 0 saturated heterocycles. The standard InChI is InChI=1S/C12H13NO4/c1-3-11(14)8(2)12(15)9-4-6-10(7-5-9)13(16)17/h4-7,12,15H,2-3H2,1H3/t12-/m0/s1. The summed E-state index contributed by atoms with van der Waals surface area (Å²) in [6, 6.07) is 5.39. The summed E-state index contributed by atoms with van der Waals surface area (Å²) in [5.41, 5.74) is 0.456. The summed E-state index contributed by atoms with van der Waals surface area (Å²) in [5, 5.41) is 20.3. The minimum Gasteiger partial charge on any atom is -0.384 e. The molecule has 0 aliphatic carbocycles. The van der Waals surface area contributed by atoms with Crippen molar-refractivity contribution < 1.29 is 14.8 Å². The van der Waals surface area contributed by atoms with Crippen molar-refractivity contribution in [3.63, 3.8) is 0 Å². The number of rotatable bonds is 5. The SMILES string of the molecule is C=C(C(=O)CC)[C@H](O)c1ccc([N+](=O)[O-])cc1. The summed E-state index contributed by atoms with van der Waals surface area (Å²) in [6.45, 7) is 5.20. The van der Waals surface area contributed by atoms with E-state index >= 15 is 0 Å². The molecular weight excluding hydrogens is 222 g/mol. The molecule has 5 nitrogen and oxygen atoms in total. The van der Waals surface area contributed by atoms with E-state index in [0.717, 1.165) is 0 Å². The zero-order chi connectivity index (χ0) is 13.0. The summed E-state index contributed by atoms with van der Waals surface area (Å²) in [6.07, 6.45) is -0.841. The van der Waals surface area contributed by atoms with Gasteiger partial charge in [0.15, 0.2) is 5.78 Å². The molecule has 0 aromatic heterocycles. The minimum atomic E-state index is -1.11. The van der Waals surface area contributed by atoms with E-state index in [4.69, 9.17) is 0 Å². The molecule has 0 aliphatic rings. The van der Waals surface area contributed by atoms with Crippen molar-refractivity contribution in [3.05, 3.63) is 52.1 Å². The van der Waals surface area contributed by atoms with E-state index in [9.17, 15) is 20.0 Å². The van der Waals surface area contributed by atoms with Crippen LogP contribution in [-0.2, 0) is 4.79 Å². The van der Waals surface area contributed by atoms with E-state index in [1.807, 2.05) is 0 Å². The molecule has 5 heteroatoms. The van der Waals surface area contributed by atoms with Gasteiger partial charge in [-0.3, -0.25) is 14.9 Å². The average Bonchev–Trinajstić information content (AvgIpc) is 2.36. The Kier molecular flexibility index (Phi) is 4.12. The number of hydrogen-bond acceptors (Lipinski definition) is 4. The molecule has 0 aliphatic heterocycles. The summed E-state index contributed by atoms with van der Waals surface area (Å²) in [4.78, 5) is 21.3. The fourth-order valence-electron chi connectivity index (χ4n) is 1.36. The van der Waals surface area contributed by atoms with Crippen molar-refractivity contribution in [1.82, 2.24) is 0 Å². The van der Waals surface area contributed by atoms with Gasteiger partial charge in [-0.15, -0.1) is 0 Å². The van der Waals surface area contributed by atoms with E-state index in [0.29, 0.717) is 5.56 Å². The number of nitrogens with zero attached hydrogens (tertiary/aromatic N) is 1. The number of carbonyl (C=O) groups is 1. The van der Waals surface area contributed by atoms with Gasteiger partial charge in [-0.25, -0.2) is 0 Å². The first-order valence-corrected chi connectivity index (χ1v) is 5.11. The van der Waals surface area contributed by atoms with Crippen molar-refractivity contribution in [1.29, 1.82) is 0 Å². The second-order valence-electron chi connectivity index (χ2n) is 3.55. The fraction of sp³-hybridized carbons (Fsp3) is 0.250. The van der Waals surface area contributed by atoms with Crippen LogP contribution in [0.3, 0.4) is 0 Å². The van der Waals surface area contributed by atoms with Gasteiger partial charge in [0.2, 0.25) is 0 Å². The summed E-state index contributed by atoms with van der Waals surface area (Å²) in [5.74, 6) is -0.226. The van der Waals surface area contributed by atoms with Gasteiger partial charge < -0.3 is 5.11 Å². The van der Waals surface area contributed by atoms with Crippen LogP contribution in [0.4, 0.5) is 5.69 Å². The lowest BCUT2D eigenvalue weighted by Gasteiger charge is -2.12. The van der Waals surface area contributed by atoms with Gasteiger partial charge in [-0.1, -0.05) is 13.5 Å². The Hall–Kier alpha value is -2.01. The van der Waals surface area contributed by atoms with Gasteiger partial charge in [-0.05, 0) is 17.7 Å². The number of ketones is 1. The number of nitro benzene ring substituents is 1.